The van der Waals surface area contributed by atoms with Gasteiger partial charge in [-0.15, -0.1) is 0 Å². The second-order valence-electron chi connectivity index (χ2n) is 4.79. The highest BCUT2D eigenvalue weighted by Crippen LogP contribution is 2.30. The first-order valence-corrected chi connectivity index (χ1v) is 6.24. The smallest absolute Gasteiger partial charge is 0.306 e. The van der Waals surface area contributed by atoms with E-state index in [0.717, 1.165) is 0 Å². The van der Waals surface area contributed by atoms with Crippen molar-refractivity contribution in [1.82, 2.24) is 5.32 Å². The predicted octanol–water partition coefficient (Wildman–Crippen LogP) is 0.659. The first kappa shape index (κ1) is 16.8. The monoisotopic (exact) mass is 297 g/mol. The quantitative estimate of drug-likeness (QED) is 0.683. The number of nitrogens with one attached hydrogen (secondary N) is 1. The molecule has 1 amide bonds. The maximum atomic E-state index is 12.1. The molecule has 0 spiro atoms. The summed E-state index contributed by atoms with van der Waals surface area (Å²) in [6.45, 7) is 1.14. The fraction of sp³-hybridized carbons (Fsp3) is 0.429. The standard InChI is InChI=1S/C14H19NO6/c1-14(19,7-11(16)17)8-15-13(18)9-5-4-6-10(20-2)12(9)21-3/h4-6,19H,7-8H2,1-3H3,(H,15,18)(H,16,17). The summed E-state index contributed by atoms with van der Waals surface area (Å²) in [7, 11) is 2.87. The second-order valence-corrected chi connectivity index (χ2v) is 4.79. The van der Waals surface area contributed by atoms with Crippen molar-refractivity contribution in [3.63, 3.8) is 0 Å². The van der Waals surface area contributed by atoms with E-state index in [4.69, 9.17) is 14.6 Å². The van der Waals surface area contributed by atoms with E-state index in [1.807, 2.05) is 0 Å². The molecule has 0 aliphatic carbocycles. The largest absolute Gasteiger partial charge is 0.493 e. The Bertz CT molecular complexity index is 526. The average Bonchev–Trinajstić information content (AvgIpc) is 2.42. The van der Waals surface area contributed by atoms with Gasteiger partial charge in [-0.3, -0.25) is 9.59 Å². The molecule has 3 N–H and O–H groups in total. The van der Waals surface area contributed by atoms with Crippen LogP contribution >= 0.6 is 0 Å². The molecule has 0 saturated heterocycles. The normalized spacial score (nSPS) is 13.1. The van der Waals surface area contributed by atoms with E-state index in [-0.39, 0.29) is 17.9 Å². The highest BCUT2D eigenvalue weighted by molar-refractivity contribution is 5.97. The van der Waals surface area contributed by atoms with Gasteiger partial charge in [0.05, 0.1) is 31.8 Å². The van der Waals surface area contributed by atoms with E-state index in [1.54, 1.807) is 18.2 Å². The molecule has 116 valence electrons. The third kappa shape index (κ3) is 4.64. The van der Waals surface area contributed by atoms with Crippen molar-refractivity contribution in [1.29, 1.82) is 0 Å². The molecule has 7 nitrogen and oxygen atoms in total. The number of carboxylic acid groups (broad SMARTS) is 1. The number of aliphatic hydroxyl groups is 1. The summed E-state index contributed by atoms with van der Waals surface area (Å²) in [6.07, 6.45) is -0.470. The van der Waals surface area contributed by atoms with Gasteiger partial charge in [-0.05, 0) is 19.1 Å². The Kier molecular flexibility index (Phi) is 5.54. The molecule has 0 aliphatic heterocycles. The second kappa shape index (κ2) is 6.94. The van der Waals surface area contributed by atoms with Gasteiger partial charge < -0.3 is 25.0 Å². The van der Waals surface area contributed by atoms with Gasteiger partial charge in [0.25, 0.3) is 5.91 Å². The van der Waals surface area contributed by atoms with Crippen LogP contribution in [0.1, 0.15) is 23.7 Å². The number of hydrogen-bond acceptors (Lipinski definition) is 5. The van der Waals surface area contributed by atoms with Crippen LogP contribution in [0.3, 0.4) is 0 Å². The van der Waals surface area contributed by atoms with Crippen LogP contribution in [-0.4, -0.2) is 48.5 Å². The minimum absolute atomic E-state index is 0.196. The molecule has 21 heavy (non-hydrogen) atoms. The lowest BCUT2D eigenvalue weighted by Crippen LogP contribution is -2.42. The van der Waals surface area contributed by atoms with Crippen LogP contribution in [0.25, 0.3) is 0 Å². The number of rotatable bonds is 7. The maximum Gasteiger partial charge on any atom is 0.306 e. The Morgan fingerprint density at radius 3 is 2.48 bits per heavy atom. The van der Waals surface area contributed by atoms with Gasteiger partial charge in [0.2, 0.25) is 0 Å². The molecule has 0 radical (unpaired) electrons. The van der Waals surface area contributed by atoms with Crippen LogP contribution in [0, 0.1) is 0 Å². The predicted molar refractivity (Wildman–Crippen MR) is 74.8 cm³/mol. The van der Waals surface area contributed by atoms with Crippen molar-refractivity contribution in [2.45, 2.75) is 18.9 Å². The lowest BCUT2D eigenvalue weighted by Gasteiger charge is -2.22. The van der Waals surface area contributed by atoms with Crippen molar-refractivity contribution >= 4 is 11.9 Å². The van der Waals surface area contributed by atoms with Crippen molar-refractivity contribution in [3.05, 3.63) is 23.8 Å². The molecule has 1 rings (SSSR count). The summed E-state index contributed by atoms with van der Waals surface area (Å²) < 4.78 is 10.2. The Morgan fingerprint density at radius 1 is 1.29 bits per heavy atom. The van der Waals surface area contributed by atoms with Crippen molar-refractivity contribution in [2.24, 2.45) is 0 Å². The van der Waals surface area contributed by atoms with Gasteiger partial charge in [-0.2, -0.15) is 0 Å². The number of methoxy groups -OCH3 is 2. The number of carboxylic acids is 1. The summed E-state index contributed by atoms with van der Waals surface area (Å²) in [5.41, 5.74) is -1.30. The summed E-state index contributed by atoms with van der Waals surface area (Å²) in [5.74, 6) is -0.956. The Hall–Kier alpha value is -2.28. The number of aliphatic carboxylic acids is 1. The van der Waals surface area contributed by atoms with Crippen molar-refractivity contribution in [2.75, 3.05) is 20.8 Å². The Morgan fingerprint density at radius 2 is 1.95 bits per heavy atom. The van der Waals surface area contributed by atoms with Gasteiger partial charge >= 0.3 is 5.97 Å². The van der Waals surface area contributed by atoms with Crippen molar-refractivity contribution in [3.8, 4) is 11.5 Å². The fourth-order valence-electron chi connectivity index (χ4n) is 1.82. The summed E-state index contributed by atoms with van der Waals surface area (Å²) in [5, 5.41) is 21.0. The third-order valence-electron chi connectivity index (χ3n) is 2.81. The highest BCUT2D eigenvalue weighted by atomic mass is 16.5. The van der Waals surface area contributed by atoms with E-state index in [0.29, 0.717) is 5.75 Å². The van der Waals surface area contributed by atoms with Crippen LogP contribution in [0.4, 0.5) is 0 Å². The molecule has 1 atom stereocenters. The zero-order valence-corrected chi connectivity index (χ0v) is 12.2. The first-order valence-electron chi connectivity index (χ1n) is 6.24. The van der Waals surface area contributed by atoms with E-state index in [2.05, 4.69) is 5.32 Å². The molecule has 0 aliphatic rings. The molecular formula is C14H19NO6. The van der Waals surface area contributed by atoms with Gasteiger partial charge in [-0.25, -0.2) is 0 Å². The van der Waals surface area contributed by atoms with E-state index >= 15 is 0 Å². The van der Waals surface area contributed by atoms with Crippen LogP contribution in [0.5, 0.6) is 11.5 Å². The minimum Gasteiger partial charge on any atom is -0.493 e. The summed E-state index contributed by atoms with van der Waals surface area (Å²) >= 11 is 0. The zero-order valence-electron chi connectivity index (χ0n) is 12.2. The number of carbonyl (C=O) groups is 2. The van der Waals surface area contributed by atoms with E-state index in [1.165, 1.54) is 21.1 Å². The van der Waals surface area contributed by atoms with E-state index in [9.17, 15) is 14.7 Å². The zero-order chi connectivity index (χ0) is 16.0. The molecule has 7 heteroatoms. The number of benzene rings is 1. The van der Waals surface area contributed by atoms with Gasteiger partial charge in [0, 0.05) is 6.54 Å². The fourth-order valence-corrected chi connectivity index (χ4v) is 1.82. The van der Waals surface area contributed by atoms with Crippen LogP contribution in [-0.2, 0) is 4.79 Å². The molecule has 0 aromatic heterocycles. The van der Waals surface area contributed by atoms with E-state index < -0.39 is 23.9 Å². The van der Waals surface area contributed by atoms with Gasteiger partial charge in [0.15, 0.2) is 11.5 Å². The van der Waals surface area contributed by atoms with Gasteiger partial charge in [0.1, 0.15) is 0 Å². The summed E-state index contributed by atoms with van der Waals surface area (Å²) in [6, 6.07) is 4.82. The van der Waals surface area contributed by atoms with Crippen molar-refractivity contribution < 1.29 is 29.3 Å². The molecular weight excluding hydrogens is 278 g/mol. The highest BCUT2D eigenvalue weighted by Gasteiger charge is 2.26. The van der Waals surface area contributed by atoms with Gasteiger partial charge in [-0.1, -0.05) is 6.07 Å². The topological polar surface area (TPSA) is 105 Å². The minimum atomic E-state index is -1.53. The number of hydrogen-bond donors (Lipinski definition) is 3. The summed E-state index contributed by atoms with van der Waals surface area (Å²) in [4.78, 5) is 22.7. The number of amides is 1. The molecule has 1 unspecified atom stereocenters. The number of carbonyl (C=O) groups excluding carboxylic acids is 1. The molecule has 0 bridgehead atoms. The molecule has 1 aromatic rings. The van der Waals surface area contributed by atoms with Crippen LogP contribution < -0.4 is 14.8 Å². The number of para-hydroxylation sites is 1. The Labute approximate surface area is 122 Å². The number of ether oxygens (including phenoxy) is 2. The Balaban J connectivity index is 2.83. The average molecular weight is 297 g/mol. The van der Waals surface area contributed by atoms with Crippen LogP contribution in [0.2, 0.25) is 0 Å². The molecule has 1 aromatic carbocycles. The maximum absolute atomic E-state index is 12.1. The lowest BCUT2D eigenvalue weighted by atomic mass is 10.0. The third-order valence-corrected chi connectivity index (χ3v) is 2.81. The lowest BCUT2D eigenvalue weighted by molar-refractivity contribution is -0.141. The molecule has 0 heterocycles. The SMILES string of the molecule is COc1cccc(C(=O)NCC(C)(O)CC(=O)O)c1OC. The first-order chi connectivity index (χ1) is 9.80. The van der Waals surface area contributed by atoms with Crippen LogP contribution in [0.15, 0.2) is 18.2 Å². The molecule has 0 saturated carbocycles. The molecule has 0 fully saturated rings.